The second-order valence-corrected chi connectivity index (χ2v) is 8.23. The number of benzene rings is 1. The molecular weight excluding hydrogens is 368 g/mol. The molecule has 2 saturated heterocycles. The van der Waals surface area contributed by atoms with Crippen LogP contribution in [0.4, 0.5) is 0 Å². The van der Waals surface area contributed by atoms with Crippen molar-refractivity contribution in [2.45, 2.75) is 25.5 Å². The van der Waals surface area contributed by atoms with Crippen molar-refractivity contribution in [2.24, 2.45) is 5.92 Å². The third-order valence-corrected chi connectivity index (χ3v) is 5.90. The summed E-state index contributed by atoms with van der Waals surface area (Å²) in [5, 5.41) is 19.5. The van der Waals surface area contributed by atoms with Crippen LogP contribution >= 0.6 is 0 Å². The smallest absolute Gasteiger partial charge is 0.161 e. The molecule has 0 saturated carbocycles. The Morgan fingerprint density at radius 2 is 1.83 bits per heavy atom. The van der Waals surface area contributed by atoms with Gasteiger partial charge in [-0.15, -0.1) is 0 Å². The second kappa shape index (κ2) is 10.8. The van der Waals surface area contributed by atoms with Gasteiger partial charge >= 0.3 is 0 Å². The average Bonchev–Trinajstić information content (AvgIpc) is 2.74. The van der Waals surface area contributed by atoms with E-state index in [-0.39, 0.29) is 12.5 Å². The molecule has 2 fully saturated rings. The highest BCUT2D eigenvalue weighted by Crippen LogP contribution is 2.29. The fourth-order valence-corrected chi connectivity index (χ4v) is 3.98. The van der Waals surface area contributed by atoms with Crippen LogP contribution in [0.1, 0.15) is 18.4 Å². The predicted molar refractivity (Wildman–Crippen MR) is 112 cm³/mol. The monoisotopic (exact) mass is 402 g/mol. The number of methoxy groups -OCH3 is 1. The number of likely N-dealkylation sites (N-methyl/N-ethyl adjacent to an activating group) is 1. The summed E-state index contributed by atoms with van der Waals surface area (Å²) in [5.41, 5.74) is 1.16. The topological polar surface area (TPSA) is 72.2 Å². The Labute approximate surface area is 174 Å². The fourth-order valence-electron chi connectivity index (χ4n) is 3.98. The molecule has 29 heavy (non-hydrogen) atoms. The van der Waals surface area contributed by atoms with Crippen molar-refractivity contribution in [1.29, 1.82) is 5.26 Å². The molecule has 0 amide bonds. The van der Waals surface area contributed by atoms with Gasteiger partial charge in [0.2, 0.25) is 0 Å². The Bertz CT molecular complexity index is 677. The average molecular weight is 403 g/mol. The fraction of sp³-hybridized carbons (Fsp3) is 0.682. The standard InChI is InChI=1S/C22H34N4O3/c1-24-9-11-26(12-10-24)16-20(27)17-29-22-13-19(3-4-21(22)28-2)15-25-7-5-18(14-23)6-8-25/h3-4,13,18,20,27H,5-12,15-17H2,1-2H3. The zero-order valence-electron chi connectivity index (χ0n) is 17.7. The summed E-state index contributed by atoms with van der Waals surface area (Å²) >= 11 is 0. The highest BCUT2D eigenvalue weighted by atomic mass is 16.5. The number of ether oxygens (including phenoxy) is 2. The van der Waals surface area contributed by atoms with Crippen LogP contribution in [0.5, 0.6) is 11.5 Å². The summed E-state index contributed by atoms with van der Waals surface area (Å²) < 4.78 is 11.4. The van der Waals surface area contributed by atoms with Crippen LogP contribution < -0.4 is 9.47 Å². The Morgan fingerprint density at radius 3 is 2.48 bits per heavy atom. The summed E-state index contributed by atoms with van der Waals surface area (Å²) in [5.74, 6) is 1.56. The Hall–Kier alpha value is -1.85. The molecule has 0 spiro atoms. The summed E-state index contributed by atoms with van der Waals surface area (Å²) in [7, 11) is 3.76. The lowest BCUT2D eigenvalue weighted by atomic mass is 9.98. The van der Waals surface area contributed by atoms with E-state index in [9.17, 15) is 5.11 Å². The lowest BCUT2D eigenvalue weighted by molar-refractivity contribution is 0.0497. The predicted octanol–water partition coefficient (Wildman–Crippen LogP) is 1.42. The highest BCUT2D eigenvalue weighted by Gasteiger charge is 2.20. The molecule has 7 nitrogen and oxygen atoms in total. The Morgan fingerprint density at radius 1 is 1.10 bits per heavy atom. The highest BCUT2D eigenvalue weighted by molar-refractivity contribution is 5.43. The minimum atomic E-state index is -0.531. The molecule has 0 aliphatic carbocycles. The molecule has 0 radical (unpaired) electrons. The van der Waals surface area contributed by atoms with E-state index in [1.54, 1.807) is 7.11 Å². The Balaban J connectivity index is 1.51. The van der Waals surface area contributed by atoms with E-state index < -0.39 is 6.10 Å². The second-order valence-electron chi connectivity index (χ2n) is 8.23. The number of nitriles is 1. The Kier molecular flexibility index (Phi) is 8.13. The van der Waals surface area contributed by atoms with Crippen molar-refractivity contribution in [3.8, 4) is 17.6 Å². The summed E-state index contributed by atoms with van der Waals surface area (Å²) in [6, 6.07) is 8.38. The first-order chi connectivity index (χ1) is 14.1. The van der Waals surface area contributed by atoms with Crippen molar-refractivity contribution >= 4 is 0 Å². The van der Waals surface area contributed by atoms with E-state index in [4.69, 9.17) is 14.7 Å². The maximum Gasteiger partial charge on any atom is 0.161 e. The number of piperazine rings is 1. The quantitative estimate of drug-likeness (QED) is 0.705. The number of hydrogen-bond acceptors (Lipinski definition) is 7. The van der Waals surface area contributed by atoms with Gasteiger partial charge < -0.3 is 19.5 Å². The molecule has 2 heterocycles. The third kappa shape index (κ3) is 6.58. The van der Waals surface area contributed by atoms with Gasteiger partial charge in [0.25, 0.3) is 0 Å². The number of likely N-dealkylation sites (tertiary alicyclic amines) is 1. The summed E-state index contributed by atoms with van der Waals surface area (Å²) in [4.78, 5) is 6.97. The van der Waals surface area contributed by atoms with Gasteiger partial charge in [0.05, 0.1) is 13.2 Å². The molecule has 2 aliphatic heterocycles. The van der Waals surface area contributed by atoms with Gasteiger partial charge in [-0.25, -0.2) is 0 Å². The molecule has 1 unspecified atom stereocenters. The van der Waals surface area contributed by atoms with Crippen LogP contribution in [0.25, 0.3) is 0 Å². The molecule has 3 rings (SSSR count). The van der Waals surface area contributed by atoms with E-state index in [1.165, 1.54) is 0 Å². The van der Waals surface area contributed by atoms with Crippen LogP contribution in [-0.4, -0.2) is 92.5 Å². The lowest BCUT2D eigenvalue weighted by Crippen LogP contribution is -2.47. The normalized spacial score (nSPS) is 20.9. The van der Waals surface area contributed by atoms with Gasteiger partial charge in [0, 0.05) is 45.2 Å². The molecule has 1 atom stereocenters. The van der Waals surface area contributed by atoms with E-state index >= 15 is 0 Å². The first-order valence-electron chi connectivity index (χ1n) is 10.6. The van der Waals surface area contributed by atoms with Crippen LogP contribution in [-0.2, 0) is 6.54 Å². The maximum atomic E-state index is 10.4. The third-order valence-electron chi connectivity index (χ3n) is 5.90. The number of nitrogens with zero attached hydrogens (tertiary/aromatic N) is 4. The van der Waals surface area contributed by atoms with Crippen LogP contribution in [0.15, 0.2) is 18.2 Å². The molecule has 2 aliphatic rings. The molecule has 7 heteroatoms. The van der Waals surface area contributed by atoms with Gasteiger partial charge in [-0.2, -0.15) is 5.26 Å². The van der Waals surface area contributed by atoms with E-state index in [0.717, 1.165) is 64.2 Å². The van der Waals surface area contributed by atoms with Crippen LogP contribution in [0.3, 0.4) is 0 Å². The number of β-amino-alcohol motifs (C(OH)–C–C–N with tert-alkyl or cyclic N) is 1. The van der Waals surface area contributed by atoms with Crippen LogP contribution in [0, 0.1) is 17.2 Å². The summed E-state index contributed by atoms with van der Waals surface area (Å²) in [6.07, 6.45) is 1.35. The number of hydrogen-bond donors (Lipinski definition) is 1. The van der Waals surface area contributed by atoms with E-state index in [2.05, 4.69) is 33.9 Å². The zero-order chi connectivity index (χ0) is 20.6. The van der Waals surface area contributed by atoms with Crippen LogP contribution in [0.2, 0.25) is 0 Å². The molecule has 160 valence electrons. The molecule has 1 N–H and O–H groups in total. The number of piperidine rings is 1. The van der Waals surface area contributed by atoms with Gasteiger partial charge in [-0.1, -0.05) is 6.07 Å². The molecule has 1 aromatic carbocycles. The molecular formula is C22H34N4O3. The largest absolute Gasteiger partial charge is 0.493 e. The maximum absolute atomic E-state index is 10.4. The van der Waals surface area contributed by atoms with Gasteiger partial charge in [-0.05, 0) is 50.7 Å². The summed E-state index contributed by atoms with van der Waals surface area (Å²) in [6.45, 7) is 7.65. The number of aliphatic hydroxyl groups is 1. The molecule has 0 aromatic heterocycles. The number of aliphatic hydroxyl groups excluding tert-OH is 1. The molecule has 0 bridgehead atoms. The van der Waals surface area contributed by atoms with Gasteiger partial charge in [0.15, 0.2) is 11.5 Å². The van der Waals surface area contributed by atoms with Gasteiger partial charge in [0.1, 0.15) is 12.7 Å². The first-order valence-corrected chi connectivity index (χ1v) is 10.6. The van der Waals surface area contributed by atoms with Crippen molar-refractivity contribution in [2.75, 3.05) is 66.6 Å². The van der Waals surface area contributed by atoms with E-state index in [0.29, 0.717) is 18.0 Å². The molecule has 1 aromatic rings. The first kappa shape index (κ1) is 21.8. The van der Waals surface area contributed by atoms with Crippen molar-refractivity contribution < 1.29 is 14.6 Å². The lowest BCUT2D eigenvalue weighted by Gasteiger charge is -2.33. The van der Waals surface area contributed by atoms with Gasteiger partial charge in [-0.3, -0.25) is 9.80 Å². The van der Waals surface area contributed by atoms with Crippen molar-refractivity contribution in [3.05, 3.63) is 23.8 Å². The minimum absolute atomic E-state index is 0.197. The van der Waals surface area contributed by atoms with E-state index in [1.807, 2.05) is 12.1 Å². The number of rotatable bonds is 8. The minimum Gasteiger partial charge on any atom is -0.493 e. The SMILES string of the molecule is COc1ccc(CN2CCC(C#N)CC2)cc1OCC(O)CN1CCN(C)CC1. The van der Waals surface area contributed by atoms with Crippen molar-refractivity contribution in [1.82, 2.24) is 14.7 Å². The zero-order valence-corrected chi connectivity index (χ0v) is 17.7. The van der Waals surface area contributed by atoms with Crippen molar-refractivity contribution in [3.63, 3.8) is 0 Å².